The van der Waals surface area contributed by atoms with Gasteiger partial charge in [-0.15, -0.1) is 0 Å². The molecular weight excluding hydrogens is 234 g/mol. The van der Waals surface area contributed by atoms with E-state index >= 15 is 0 Å². The molecule has 0 rings (SSSR count). The summed E-state index contributed by atoms with van der Waals surface area (Å²) in [6.45, 7) is 6.80. The zero-order chi connectivity index (χ0) is 14.0. The Labute approximate surface area is 108 Å². The van der Waals surface area contributed by atoms with Gasteiger partial charge >= 0.3 is 5.97 Å². The summed E-state index contributed by atoms with van der Waals surface area (Å²) >= 11 is 0. The normalized spacial score (nSPS) is 13.4. The lowest BCUT2D eigenvalue weighted by Crippen LogP contribution is -2.20. The van der Waals surface area contributed by atoms with Crippen LogP contribution in [0.3, 0.4) is 0 Å². The van der Waals surface area contributed by atoms with E-state index in [2.05, 4.69) is 0 Å². The number of nitrogens with zero attached hydrogens (tertiary/aromatic N) is 1. The number of allylic oxidation sites excluding steroid dienone is 1. The highest BCUT2D eigenvalue weighted by molar-refractivity contribution is 5.87. The summed E-state index contributed by atoms with van der Waals surface area (Å²) in [5.41, 5.74) is 0.118. The van der Waals surface area contributed by atoms with Gasteiger partial charge in [0.2, 0.25) is 0 Å². The predicted molar refractivity (Wildman–Crippen MR) is 67.1 cm³/mol. The Hall–Kier alpha value is -1.38. The first-order valence-electron chi connectivity index (χ1n) is 6.02. The Morgan fingerprint density at radius 3 is 2.61 bits per heavy atom. The summed E-state index contributed by atoms with van der Waals surface area (Å²) in [5, 5.41) is 17.2. The highest BCUT2D eigenvalue weighted by Gasteiger charge is 2.07. The van der Waals surface area contributed by atoms with Crippen LogP contribution in [0.25, 0.3) is 0 Å². The van der Waals surface area contributed by atoms with Crippen molar-refractivity contribution in [2.75, 3.05) is 13.2 Å². The van der Waals surface area contributed by atoms with Crippen molar-refractivity contribution < 1.29 is 19.4 Å². The standard InChI is InChI=1S/C13H21NO4/c1-10(2)18-11(3)9-17-8-4-5-12(6-7-14)13(15)16/h6,10-11H,4-5,8-9H2,1-3H3,(H,15,16). The van der Waals surface area contributed by atoms with Gasteiger partial charge in [0.1, 0.15) is 0 Å². The molecule has 0 amide bonds. The van der Waals surface area contributed by atoms with Crippen molar-refractivity contribution in [2.24, 2.45) is 0 Å². The van der Waals surface area contributed by atoms with Gasteiger partial charge in [0, 0.05) is 18.3 Å². The van der Waals surface area contributed by atoms with Gasteiger partial charge in [0.25, 0.3) is 0 Å². The summed E-state index contributed by atoms with van der Waals surface area (Å²) in [7, 11) is 0. The van der Waals surface area contributed by atoms with E-state index in [1.807, 2.05) is 20.8 Å². The summed E-state index contributed by atoms with van der Waals surface area (Å²) in [5.74, 6) is -1.05. The van der Waals surface area contributed by atoms with E-state index in [0.29, 0.717) is 26.1 Å². The van der Waals surface area contributed by atoms with E-state index in [4.69, 9.17) is 19.8 Å². The average Bonchev–Trinajstić information content (AvgIpc) is 2.25. The van der Waals surface area contributed by atoms with Crippen molar-refractivity contribution in [3.63, 3.8) is 0 Å². The molecule has 1 atom stereocenters. The monoisotopic (exact) mass is 255 g/mol. The number of carboxylic acid groups (broad SMARTS) is 1. The second kappa shape index (κ2) is 9.63. The lowest BCUT2D eigenvalue weighted by atomic mass is 10.1. The SMILES string of the molecule is CC(C)OC(C)COCCCC(=CC#N)C(=O)O. The minimum absolute atomic E-state index is 0.0265. The maximum atomic E-state index is 10.7. The number of hydrogen-bond donors (Lipinski definition) is 1. The molecule has 0 saturated carbocycles. The molecule has 0 aliphatic rings. The number of hydrogen-bond acceptors (Lipinski definition) is 4. The van der Waals surface area contributed by atoms with Crippen LogP contribution in [0.4, 0.5) is 0 Å². The third kappa shape index (κ3) is 8.74. The van der Waals surface area contributed by atoms with Crippen molar-refractivity contribution >= 4 is 5.97 Å². The number of carboxylic acids is 1. The van der Waals surface area contributed by atoms with Crippen molar-refractivity contribution in [3.05, 3.63) is 11.6 Å². The average molecular weight is 255 g/mol. The fraction of sp³-hybridized carbons (Fsp3) is 0.692. The van der Waals surface area contributed by atoms with Crippen molar-refractivity contribution in [1.82, 2.24) is 0 Å². The molecule has 5 heteroatoms. The molecule has 0 aromatic heterocycles. The summed E-state index contributed by atoms with van der Waals surface area (Å²) in [4.78, 5) is 10.7. The molecule has 0 aliphatic carbocycles. The van der Waals surface area contributed by atoms with Crippen LogP contribution in [0.2, 0.25) is 0 Å². The zero-order valence-corrected chi connectivity index (χ0v) is 11.2. The largest absolute Gasteiger partial charge is 0.478 e. The van der Waals surface area contributed by atoms with E-state index in [-0.39, 0.29) is 17.8 Å². The lowest BCUT2D eigenvalue weighted by Gasteiger charge is -2.16. The molecule has 0 radical (unpaired) electrons. The molecule has 0 aliphatic heterocycles. The van der Waals surface area contributed by atoms with Gasteiger partial charge < -0.3 is 14.6 Å². The number of aliphatic carboxylic acids is 1. The molecule has 0 heterocycles. The van der Waals surface area contributed by atoms with E-state index in [1.165, 1.54) is 0 Å². The molecule has 0 fully saturated rings. The topological polar surface area (TPSA) is 79.5 Å². The summed E-state index contributed by atoms with van der Waals surface area (Å²) in [6, 6.07) is 1.73. The highest BCUT2D eigenvalue weighted by atomic mass is 16.5. The van der Waals surface area contributed by atoms with Gasteiger partial charge in [0.15, 0.2) is 0 Å². The first-order valence-corrected chi connectivity index (χ1v) is 6.02. The molecule has 0 saturated heterocycles. The van der Waals surface area contributed by atoms with E-state index in [0.717, 1.165) is 6.08 Å². The van der Waals surface area contributed by atoms with Crippen LogP contribution in [0.1, 0.15) is 33.6 Å². The van der Waals surface area contributed by atoms with Crippen molar-refractivity contribution in [2.45, 2.75) is 45.8 Å². The molecule has 5 nitrogen and oxygen atoms in total. The molecule has 0 spiro atoms. The maximum absolute atomic E-state index is 10.7. The number of carbonyl (C=O) groups is 1. The number of nitriles is 1. The molecule has 102 valence electrons. The zero-order valence-electron chi connectivity index (χ0n) is 11.2. The van der Waals surface area contributed by atoms with Crippen LogP contribution in [0.5, 0.6) is 0 Å². The third-order valence-electron chi connectivity index (χ3n) is 2.11. The fourth-order valence-electron chi connectivity index (χ4n) is 1.44. The maximum Gasteiger partial charge on any atom is 0.332 e. The summed E-state index contributed by atoms with van der Waals surface area (Å²) < 4.78 is 10.9. The Morgan fingerprint density at radius 2 is 2.11 bits per heavy atom. The van der Waals surface area contributed by atoms with Gasteiger partial charge in [-0.2, -0.15) is 5.26 Å². The van der Waals surface area contributed by atoms with E-state index in [1.54, 1.807) is 6.07 Å². The van der Waals surface area contributed by atoms with Crippen LogP contribution >= 0.6 is 0 Å². The van der Waals surface area contributed by atoms with Crippen LogP contribution < -0.4 is 0 Å². The first-order chi connectivity index (χ1) is 8.47. The minimum atomic E-state index is -1.05. The van der Waals surface area contributed by atoms with Gasteiger partial charge in [-0.1, -0.05) is 0 Å². The number of ether oxygens (including phenoxy) is 2. The quantitative estimate of drug-likeness (QED) is 0.388. The molecule has 1 N–H and O–H groups in total. The second-order valence-corrected chi connectivity index (χ2v) is 4.28. The molecule has 0 aromatic rings. The number of rotatable bonds is 9. The first kappa shape index (κ1) is 16.6. The van der Waals surface area contributed by atoms with Gasteiger partial charge in [-0.3, -0.25) is 0 Å². The Morgan fingerprint density at radius 1 is 1.44 bits per heavy atom. The summed E-state index contributed by atoms with van der Waals surface area (Å²) in [6.07, 6.45) is 2.17. The van der Waals surface area contributed by atoms with E-state index in [9.17, 15) is 4.79 Å². The molecule has 18 heavy (non-hydrogen) atoms. The van der Waals surface area contributed by atoms with Crippen molar-refractivity contribution in [3.8, 4) is 6.07 Å². The Bertz CT molecular complexity index is 317. The smallest absolute Gasteiger partial charge is 0.332 e. The fourth-order valence-corrected chi connectivity index (χ4v) is 1.44. The van der Waals surface area contributed by atoms with Gasteiger partial charge in [-0.05, 0) is 33.6 Å². The lowest BCUT2D eigenvalue weighted by molar-refractivity contribution is -0.132. The highest BCUT2D eigenvalue weighted by Crippen LogP contribution is 2.06. The van der Waals surface area contributed by atoms with Crippen LogP contribution in [-0.2, 0) is 14.3 Å². The molecule has 0 bridgehead atoms. The molecule has 1 unspecified atom stereocenters. The van der Waals surface area contributed by atoms with Gasteiger partial charge in [0.05, 0.1) is 24.9 Å². The van der Waals surface area contributed by atoms with E-state index < -0.39 is 5.97 Å². The second-order valence-electron chi connectivity index (χ2n) is 4.28. The Kier molecular flexibility index (Phi) is 8.89. The van der Waals surface area contributed by atoms with Crippen LogP contribution in [0.15, 0.2) is 11.6 Å². The molecular formula is C13H21NO4. The predicted octanol–water partition coefficient (Wildman–Crippen LogP) is 2.13. The van der Waals surface area contributed by atoms with Gasteiger partial charge in [-0.25, -0.2) is 4.79 Å². The van der Waals surface area contributed by atoms with Crippen LogP contribution in [-0.4, -0.2) is 36.5 Å². The van der Waals surface area contributed by atoms with Crippen molar-refractivity contribution in [1.29, 1.82) is 5.26 Å². The Balaban J connectivity index is 3.71. The molecule has 0 aromatic carbocycles. The minimum Gasteiger partial charge on any atom is -0.478 e. The third-order valence-corrected chi connectivity index (χ3v) is 2.11. The van der Waals surface area contributed by atoms with Crippen LogP contribution in [0, 0.1) is 11.3 Å².